The number of hydrogen-bond acceptors (Lipinski definition) is 2. The topological polar surface area (TPSA) is 29.5 Å². The summed E-state index contributed by atoms with van der Waals surface area (Å²) in [5, 5.41) is 0. The van der Waals surface area contributed by atoms with Crippen LogP contribution in [0.5, 0.6) is 0 Å². The number of hydrogen-bond donors (Lipinski definition) is 0. The molecule has 0 aromatic heterocycles. The fraction of sp³-hybridized carbons (Fsp3) is 0.929. The molecule has 1 rings (SSSR count). The molecule has 3 nitrogen and oxygen atoms in total. The van der Waals surface area contributed by atoms with E-state index in [1.54, 1.807) is 0 Å². The van der Waals surface area contributed by atoms with Crippen LogP contribution in [0.25, 0.3) is 0 Å². The molecule has 17 heavy (non-hydrogen) atoms. The highest BCUT2D eigenvalue weighted by Gasteiger charge is 2.31. The second-order valence-electron chi connectivity index (χ2n) is 5.97. The van der Waals surface area contributed by atoms with Crippen molar-refractivity contribution in [1.29, 1.82) is 0 Å². The smallest absolute Gasteiger partial charge is 0.410 e. The molecule has 1 heterocycles. The molecule has 100 valence electrons. The van der Waals surface area contributed by atoms with Gasteiger partial charge in [-0.2, -0.15) is 0 Å². The molecule has 0 N–H and O–H groups in total. The number of carbonyl (C=O) groups is 1. The fourth-order valence-electron chi connectivity index (χ4n) is 2.33. The lowest BCUT2D eigenvalue weighted by Gasteiger charge is -2.28. The molecule has 1 aliphatic rings. The van der Waals surface area contributed by atoms with E-state index in [0.717, 1.165) is 25.8 Å². The van der Waals surface area contributed by atoms with Gasteiger partial charge >= 0.3 is 6.09 Å². The number of ether oxygens (including phenoxy) is 1. The highest BCUT2D eigenvalue weighted by Crippen LogP contribution is 2.24. The Bertz CT molecular complexity index is 245. The first kappa shape index (κ1) is 14.3. The zero-order valence-corrected chi connectivity index (χ0v) is 11.8. The Morgan fingerprint density at radius 2 is 2.06 bits per heavy atom. The fourth-order valence-corrected chi connectivity index (χ4v) is 2.33. The second-order valence-corrected chi connectivity index (χ2v) is 5.97. The van der Waals surface area contributed by atoms with Gasteiger partial charge in [-0.1, -0.05) is 26.2 Å². The largest absolute Gasteiger partial charge is 0.444 e. The maximum atomic E-state index is 12.0. The lowest BCUT2D eigenvalue weighted by atomic mass is 10.1. The minimum absolute atomic E-state index is 0.128. The number of amides is 1. The van der Waals surface area contributed by atoms with Gasteiger partial charge in [0.1, 0.15) is 5.60 Å². The van der Waals surface area contributed by atoms with Crippen LogP contribution >= 0.6 is 0 Å². The van der Waals surface area contributed by atoms with Crippen molar-refractivity contribution >= 4 is 6.09 Å². The van der Waals surface area contributed by atoms with Gasteiger partial charge in [0.25, 0.3) is 0 Å². The summed E-state index contributed by atoms with van der Waals surface area (Å²) in [6, 6.07) is 0.413. The summed E-state index contributed by atoms with van der Waals surface area (Å²) < 4.78 is 5.45. The summed E-state index contributed by atoms with van der Waals surface area (Å²) in [4.78, 5) is 13.9. The Morgan fingerprint density at radius 1 is 1.35 bits per heavy atom. The normalized spacial score (nSPS) is 20.7. The van der Waals surface area contributed by atoms with Crippen molar-refractivity contribution in [2.24, 2.45) is 0 Å². The molecule has 0 saturated carbocycles. The summed E-state index contributed by atoms with van der Waals surface area (Å²) in [6.45, 7) is 8.85. The molecular weight excluding hydrogens is 214 g/mol. The van der Waals surface area contributed by atoms with E-state index in [0.29, 0.717) is 6.04 Å². The van der Waals surface area contributed by atoms with E-state index >= 15 is 0 Å². The van der Waals surface area contributed by atoms with Crippen LogP contribution in [-0.4, -0.2) is 29.2 Å². The van der Waals surface area contributed by atoms with Crippen LogP contribution in [0.3, 0.4) is 0 Å². The molecule has 1 unspecified atom stereocenters. The predicted octanol–water partition coefficient (Wildman–Crippen LogP) is 3.97. The molecule has 0 aromatic carbocycles. The van der Waals surface area contributed by atoms with Crippen molar-refractivity contribution < 1.29 is 9.53 Å². The van der Waals surface area contributed by atoms with Crippen LogP contribution in [0, 0.1) is 0 Å². The van der Waals surface area contributed by atoms with E-state index in [2.05, 4.69) is 6.92 Å². The summed E-state index contributed by atoms with van der Waals surface area (Å²) in [7, 11) is 0. The number of unbranched alkanes of at least 4 members (excludes halogenated alkanes) is 2. The van der Waals surface area contributed by atoms with Crippen molar-refractivity contribution in [1.82, 2.24) is 4.90 Å². The number of carbonyl (C=O) groups excluding carboxylic acids is 1. The molecule has 0 bridgehead atoms. The molecule has 0 aromatic rings. The van der Waals surface area contributed by atoms with Gasteiger partial charge in [0, 0.05) is 12.6 Å². The summed E-state index contributed by atoms with van der Waals surface area (Å²) >= 11 is 0. The zero-order valence-electron chi connectivity index (χ0n) is 11.8. The molecular formula is C14H27NO2. The minimum Gasteiger partial charge on any atom is -0.444 e. The van der Waals surface area contributed by atoms with Crippen molar-refractivity contribution in [3.8, 4) is 0 Å². The van der Waals surface area contributed by atoms with Crippen molar-refractivity contribution in [3.05, 3.63) is 0 Å². The first-order chi connectivity index (χ1) is 7.94. The first-order valence-corrected chi connectivity index (χ1v) is 6.93. The Balaban J connectivity index is 2.42. The van der Waals surface area contributed by atoms with Gasteiger partial charge in [0.15, 0.2) is 0 Å². The molecule has 3 heteroatoms. The van der Waals surface area contributed by atoms with Crippen LogP contribution in [0.15, 0.2) is 0 Å². The molecule has 1 fully saturated rings. The monoisotopic (exact) mass is 241 g/mol. The summed E-state index contributed by atoms with van der Waals surface area (Å²) in [5.41, 5.74) is -0.381. The SMILES string of the molecule is CCCCCC1CCCN1C(=O)OC(C)(C)C. The zero-order chi connectivity index (χ0) is 12.9. The minimum atomic E-state index is -0.381. The van der Waals surface area contributed by atoms with Crippen LogP contribution in [0.4, 0.5) is 4.79 Å². The highest BCUT2D eigenvalue weighted by atomic mass is 16.6. The summed E-state index contributed by atoms with van der Waals surface area (Å²) in [6.07, 6.45) is 6.99. The van der Waals surface area contributed by atoms with Gasteiger partial charge in [0.05, 0.1) is 0 Å². The lowest BCUT2D eigenvalue weighted by Crippen LogP contribution is -2.39. The van der Waals surface area contributed by atoms with Gasteiger partial charge in [-0.3, -0.25) is 0 Å². The Morgan fingerprint density at radius 3 is 2.65 bits per heavy atom. The van der Waals surface area contributed by atoms with Gasteiger partial charge < -0.3 is 9.64 Å². The second kappa shape index (κ2) is 6.27. The summed E-state index contributed by atoms with van der Waals surface area (Å²) in [5.74, 6) is 0. The average Bonchev–Trinajstić information content (AvgIpc) is 2.64. The predicted molar refractivity (Wildman–Crippen MR) is 70.1 cm³/mol. The molecule has 1 saturated heterocycles. The van der Waals surface area contributed by atoms with Crippen LogP contribution in [0.1, 0.15) is 66.2 Å². The Kier molecular flexibility index (Phi) is 5.29. The maximum absolute atomic E-state index is 12.0. The maximum Gasteiger partial charge on any atom is 0.410 e. The van der Waals surface area contributed by atoms with Crippen LogP contribution in [-0.2, 0) is 4.74 Å². The third kappa shape index (κ3) is 4.97. The molecule has 1 atom stereocenters. The number of nitrogens with zero attached hydrogens (tertiary/aromatic N) is 1. The van der Waals surface area contributed by atoms with Gasteiger partial charge in [-0.25, -0.2) is 4.79 Å². The number of likely N-dealkylation sites (tertiary alicyclic amines) is 1. The van der Waals surface area contributed by atoms with E-state index < -0.39 is 0 Å². The molecule has 0 radical (unpaired) electrons. The van der Waals surface area contributed by atoms with Gasteiger partial charge in [-0.15, -0.1) is 0 Å². The van der Waals surface area contributed by atoms with E-state index in [1.807, 2.05) is 25.7 Å². The third-order valence-electron chi connectivity index (χ3n) is 3.15. The highest BCUT2D eigenvalue weighted by molar-refractivity contribution is 5.68. The lowest BCUT2D eigenvalue weighted by molar-refractivity contribution is 0.0219. The van der Waals surface area contributed by atoms with E-state index in [4.69, 9.17) is 4.74 Å². The van der Waals surface area contributed by atoms with Crippen molar-refractivity contribution in [2.75, 3.05) is 6.54 Å². The van der Waals surface area contributed by atoms with Gasteiger partial charge in [-0.05, 0) is 40.0 Å². The quantitative estimate of drug-likeness (QED) is 0.697. The molecule has 1 amide bonds. The van der Waals surface area contributed by atoms with Crippen molar-refractivity contribution in [3.63, 3.8) is 0 Å². The Hall–Kier alpha value is -0.730. The van der Waals surface area contributed by atoms with E-state index in [-0.39, 0.29) is 11.7 Å². The standard InChI is InChI=1S/C14H27NO2/c1-5-6-7-9-12-10-8-11-15(12)13(16)17-14(2,3)4/h12H,5-11H2,1-4H3. The van der Waals surface area contributed by atoms with Crippen LogP contribution in [0.2, 0.25) is 0 Å². The molecule has 1 aliphatic heterocycles. The first-order valence-electron chi connectivity index (χ1n) is 6.93. The Labute approximate surface area is 106 Å². The van der Waals surface area contributed by atoms with E-state index in [1.165, 1.54) is 19.3 Å². The van der Waals surface area contributed by atoms with E-state index in [9.17, 15) is 4.79 Å². The van der Waals surface area contributed by atoms with Crippen LogP contribution < -0.4 is 0 Å². The molecule has 0 aliphatic carbocycles. The third-order valence-corrected chi connectivity index (χ3v) is 3.15. The van der Waals surface area contributed by atoms with Gasteiger partial charge in [0.2, 0.25) is 0 Å². The van der Waals surface area contributed by atoms with Crippen molar-refractivity contribution in [2.45, 2.75) is 77.9 Å². The average molecular weight is 241 g/mol. The number of rotatable bonds is 4. The molecule has 0 spiro atoms.